The van der Waals surface area contributed by atoms with E-state index in [1.165, 1.54) is 0 Å². The highest BCUT2D eigenvalue weighted by atomic mass is 32.1. The second-order valence-electron chi connectivity index (χ2n) is 3.55. The minimum absolute atomic E-state index is 0.0995. The van der Waals surface area contributed by atoms with Gasteiger partial charge in [-0.3, -0.25) is 14.4 Å². The normalized spacial score (nSPS) is 11.9. The highest BCUT2D eigenvalue weighted by Gasteiger charge is 2.19. The number of carboxylic acid groups (broad SMARTS) is 1. The summed E-state index contributed by atoms with van der Waals surface area (Å²) in [5, 5.41) is 11.0. The molecule has 7 heteroatoms. The summed E-state index contributed by atoms with van der Waals surface area (Å²) in [5.41, 5.74) is 5.25. The molecular weight excluding hydrogens is 244 g/mol. The van der Waals surface area contributed by atoms with Gasteiger partial charge in [-0.1, -0.05) is 0 Å². The minimum Gasteiger partial charge on any atom is -0.481 e. The minimum atomic E-state index is -1.04. The number of carboxylic acids is 1. The van der Waals surface area contributed by atoms with Crippen LogP contribution >= 0.6 is 12.6 Å². The summed E-state index contributed by atoms with van der Waals surface area (Å²) in [6, 6.07) is -0.719. The van der Waals surface area contributed by atoms with E-state index in [1.807, 2.05) is 0 Å². The molecule has 1 atom stereocenters. The highest BCUT2D eigenvalue weighted by Crippen LogP contribution is 2.00. The number of Topliss-reactive ketones (excluding diaryl/α,β-unsaturated/α-hetero) is 1. The van der Waals surface area contributed by atoms with Crippen LogP contribution in [0.2, 0.25) is 0 Å². The van der Waals surface area contributed by atoms with Gasteiger partial charge in [0, 0.05) is 18.6 Å². The molecule has 1 unspecified atom stereocenters. The quantitative estimate of drug-likeness (QED) is 0.422. The van der Waals surface area contributed by atoms with Crippen molar-refractivity contribution in [2.45, 2.75) is 31.7 Å². The lowest BCUT2D eigenvalue weighted by Crippen LogP contribution is -2.42. The van der Waals surface area contributed by atoms with Gasteiger partial charge in [0.1, 0.15) is 0 Å². The summed E-state index contributed by atoms with van der Waals surface area (Å²) in [6.45, 7) is 0.409. The second kappa shape index (κ2) is 9.00. The number of carbonyl (C=O) groups is 3. The number of hydrogen-bond acceptors (Lipinski definition) is 5. The Morgan fingerprint density at radius 1 is 1.24 bits per heavy atom. The van der Waals surface area contributed by atoms with Crippen molar-refractivity contribution in [3.8, 4) is 0 Å². The van der Waals surface area contributed by atoms with Gasteiger partial charge in [0.2, 0.25) is 5.91 Å². The van der Waals surface area contributed by atoms with Crippen LogP contribution in [0.4, 0.5) is 0 Å². The van der Waals surface area contributed by atoms with Crippen LogP contribution in [-0.2, 0) is 14.4 Å². The average Bonchev–Trinajstić information content (AvgIpc) is 2.30. The van der Waals surface area contributed by atoms with E-state index in [2.05, 4.69) is 17.9 Å². The van der Waals surface area contributed by atoms with E-state index in [-0.39, 0.29) is 36.7 Å². The molecule has 0 radical (unpaired) electrons. The number of ketones is 1. The number of hydrogen-bond donors (Lipinski definition) is 4. The van der Waals surface area contributed by atoms with E-state index in [0.29, 0.717) is 13.0 Å². The Hall–Kier alpha value is -1.08. The fourth-order valence-electron chi connectivity index (χ4n) is 1.16. The molecule has 0 aromatic heterocycles. The lowest BCUT2D eigenvalue weighted by atomic mass is 10.1. The van der Waals surface area contributed by atoms with Crippen LogP contribution in [0, 0.1) is 0 Å². The van der Waals surface area contributed by atoms with Crippen molar-refractivity contribution in [2.24, 2.45) is 5.73 Å². The molecule has 0 heterocycles. The Morgan fingerprint density at radius 3 is 2.35 bits per heavy atom. The lowest BCUT2D eigenvalue weighted by Gasteiger charge is -2.14. The molecule has 17 heavy (non-hydrogen) atoms. The summed E-state index contributed by atoms with van der Waals surface area (Å²) < 4.78 is 0. The monoisotopic (exact) mass is 262 g/mol. The zero-order chi connectivity index (χ0) is 13.3. The van der Waals surface area contributed by atoms with Crippen molar-refractivity contribution in [3.05, 3.63) is 0 Å². The number of amides is 1. The van der Waals surface area contributed by atoms with E-state index in [4.69, 9.17) is 10.8 Å². The highest BCUT2D eigenvalue weighted by molar-refractivity contribution is 7.80. The largest absolute Gasteiger partial charge is 0.481 e. The summed E-state index contributed by atoms with van der Waals surface area (Å²) in [5.74, 6) is -1.46. The van der Waals surface area contributed by atoms with Crippen LogP contribution < -0.4 is 11.1 Å². The van der Waals surface area contributed by atoms with E-state index in [1.54, 1.807) is 0 Å². The van der Waals surface area contributed by atoms with Gasteiger partial charge < -0.3 is 16.2 Å². The molecule has 0 fully saturated rings. The Kier molecular flexibility index (Phi) is 8.43. The number of carbonyl (C=O) groups excluding carboxylic acids is 2. The molecule has 98 valence electrons. The summed E-state index contributed by atoms with van der Waals surface area (Å²) in [6.07, 6.45) is 0.473. The van der Waals surface area contributed by atoms with E-state index >= 15 is 0 Å². The third-order valence-corrected chi connectivity index (χ3v) is 2.46. The van der Waals surface area contributed by atoms with Gasteiger partial charge in [-0.25, -0.2) is 0 Å². The molecule has 0 aromatic carbocycles. The molecule has 0 saturated carbocycles. The number of aliphatic carboxylic acids is 1. The number of nitrogens with two attached hydrogens (primary N) is 1. The molecule has 6 nitrogen and oxygen atoms in total. The van der Waals surface area contributed by atoms with Crippen molar-refractivity contribution in [3.63, 3.8) is 0 Å². The standard InChI is InChI=1S/C10H18N2O4S/c11-5-1-2-9(14)12-7(6-17)8(13)3-4-10(15)16/h7,17H,1-6,11H2,(H,12,14)(H,15,16). The second-order valence-corrected chi connectivity index (χ2v) is 3.92. The molecule has 0 rings (SSSR count). The molecule has 0 bridgehead atoms. The van der Waals surface area contributed by atoms with Crippen molar-refractivity contribution >= 4 is 30.3 Å². The van der Waals surface area contributed by atoms with Crippen molar-refractivity contribution in [2.75, 3.05) is 12.3 Å². The topological polar surface area (TPSA) is 109 Å². The summed E-state index contributed by atoms with van der Waals surface area (Å²) in [4.78, 5) is 33.2. The maximum Gasteiger partial charge on any atom is 0.303 e. The van der Waals surface area contributed by atoms with Crippen LogP contribution in [-0.4, -0.2) is 41.1 Å². The van der Waals surface area contributed by atoms with E-state index < -0.39 is 12.0 Å². The van der Waals surface area contributed by atoms with Crippen molar-refractivity contribution in [1.82, 2.24) is 5.32 Å². The first-order valence-corrected chi connectivity index (χ1v) is 5.99. The first kappa shape index (κ1) is 15.9. The number of nitrogens with one attached hydrogen (secondary N) is 1. The molecule has 0 saturated heterocycles. The van der Waals surface area contributed by atoms with Crippen LogP contribution in [0.1, 0.15) is 25.7 Å². The molecule has 0 aliphatic rings. The maximum atomic E-state index is 11.5. The van der Waals surface area contributed by atoms with Crippen molar-refractivity contribution < 1.29 is 19.5 Å². The fourth-order valence-corrected chi connectivity index (χ4v) is 1.46. The molecule has 0 aliphatic carbocycles. The van der Waals surface area contributed by atoms with Gasteiger partial charge in [0.05, 0.1) is 12.5 Å². The van der Waals surface area contributed by atoms with Crippen LogP contribution in [0.5, 0.6) is 0 Å². The van der Waals surface area contributed by atoms with Crippen LogP contribution in [0.3, 0.4) is 0 Å². The zero-order valence-electron chi connectivity index (χ0n) is 9.52. The van der Waals surface area contributed by atoms with Crippen LogP contribution in [0.15, 0.2) is 0 Å². The first-order valence-electron chi connectivity index (χ1n) is 5.36. The Balaban J connectivity index is 4.08. The lowest BCUT2D eigenvalue weighted by molar-refractivity contribution is -0.138. The van der Waals surface area contributed by atoms with Gasteiger partial charge in [-0.05, 0) is 13.0 Å². The molecule has 4 N–H and O–H groups in total. The molecule has 1 amide bonds. The predicted octanol–water partition coefficient (Wildman–Crippen LogP) is -0.426. The first-order chi connectivity index (χ1) is 8.01. The maximum absolute atomic E-state index is 11.5. The molecule has 0 spiro atoms. The average molecular weight is 262 g/mol. The van der Waals surface area contributed by atoms with Crippen molar-refractivity contribution in [1.29, 1.82) is 0 Å². The van der Waals surface area contributed by atoms with Gasteiger partial charge in [0.25, 0.3) is 0 Å². The number of thiol groups is 1. The predicted molar refractivity (Wildman–Crippen MR) is 65.9 cm³/mol. The Bertz CT molecular complexity index is 283. The molecule has 0 aromatic rings. The van der Waals surface area contributed by atoms with Gasteiger partial charge >= 0.3 is 5.97 Å². The van der Waals surface area contributed by atoms with Gasteiger partial charge in [-0.15, -0.1) is 0 Å². The Morgan fingerprint density at radius 2 is 1.88 bits per heavy atom. The summed E-state index contributed by atoms with van der Waals surface area (Å²) >= 11 is 3.96. The fraction of sp³-hybridized carbons (Fsp3) is 0.700. The summed E-state index contributed by atoms with van der Waals surface area (Å²) in [7, 11) is 0. The number of rotatable bonds is 9. The molecular formula is C10H18N2O4S. The van der Waals surface area contributed by atoms with Gasteiger partial charge in [0.15, 0.2) is 5.78 Å². The van der Waals surface area contributed by atoms with E-state index in [0.717, 1.165) is 0 Å². The van der Waals surface area contributed by atoms with E-state index in [9.17, 15) is 14.4 Å². The third-order valence-electron chi connectivity index (χ3n) is 2.10. The Labute approximate surface area is 105 Å². The third kappa shape index (κ3) is 7.76. The molecule has 0 aliphatic heterocycles. The van der Waals surface area contributed by atoms with Crippen LogP contribution in [0.25, 0.3) is 0 Å². The zero-order valence-corrected chi connectivity index (χ0v) is 10.4. The smallest absolute Gasteiger partial charge is 0.303 e. The van der Waals surface area contributed by atoms with Gasteiger partial charge in [-0.2, -0.15) is 12.6 Å². The SMILES string of the molecule is NCCCC(=O)NC(CS)C(=O)CCC(=O)O.